The van der Waals surface area contributed by atoms with Crippen molar-refractivity contribution in [1.82, 2.24) is 5.01 Å². The van der Waals surface area contributed by atoms with Gasteiger partial charge in [0.15, 0.2) is 0 Å². The van der Waals surface area contributed by atoms with Crippen molar-refractivity contribution in [3.8, 4) is 0 Å². The van der Waals surface area contributed by atoms with Gasteiger partial charge in [-0.3, -0.25) is 9.80 Å². The van der Waals surface area contributed by atoms with E-state index >= 15 is 0 Å². The number of nitrogens with zero attached hydrogens (tertiary/aromatic N) is 2. The fraction of sp³-hybridized carbons (Fsp3) is 0.875. The van der Waals surface area contributed by atoms with Gasteiger partial charge in [-0.15, -0.1) is 4.91 Å². The van der Waals surface area contributed by atoms with E-state index in [9.17, 15) is 9.70 Å². The first-order valence-corrected chi connectivity index (χ1v) is 4.40. The zero-order chi connectivity index (χ0) is 10.0. The van der Waals surface area contributed by atoms with Crippen LogP contribution in [0.4, 0.5) is 0 Å². The van der Waals surface area contributed by atoms with Gasteiger partial charge in [0.1, 0.15) is 0 Å². The van der Waals surface area contributed by atoms with Crippen LogP contribution in [0.3, 0.4) is 0 Å². The number of aliphatic carboxylic acids is 1. The molecule has 1 aliphatic rings. The van der Waals surface area contributed by atoms with Gasteiger partial charge in [-0.1, -0.05) is 13.8 Å². The minimum atomic E-state index is -0.829. The Labute approximate surface area is 76.7 Å². The Kier molecular flexibility index (Phi) is 2.85. The summed E-state index contributed by atoms with van der Waals surface area (Å²) < 4.78 is 0. The summed E-state index contributed by atoms with van der Waals surface area (Å²) in [5, 5.41) is 13.1. The van der Waals surface area contributed by atoms with Crippen LogP contribution in [0.15, 0.2) is 5.29 Å². The molecule has 5 nitrogen and oxygen atoms in total. The molecule has 1 fully saturated rings. The number of carboxylic acid groups (broad SMARTS) is 1. The SMILES string of the molecule is CC(C)C1C(C(=O)O)CCN1N=O. The fourth-order valence-electron chi connectivity index (χ4n) is 1.97. The molecule has 0 amide bonds. The van der Waals surface area contributed by atoms with Crippen molar-refractivity contribution < 1.29 is 9.90 Å². The quantitative estimate of drug-likeness (QED) is 0.670. The van der Waals surface area contributed by atoms with Gasteiger partial charge in [0.25, 0.3) is 0 Å². The lowest BCUT2D eigenvalue weighted by Crippen LogP contribution is -2.36. The third-order valence-corrected chi connectivity index (χ3v) is 2.53. The van der Waals surface area contributed by atoms with E-state index in [2.05, 4.69) is 5.29 Å². The topological polar surface area (TPSA) is 70.0 Å². The van der Waals surface area contributed by atoms with Crippen LogP contribution in [0.5, 0.6) is 0 Å². The molecule has 0 aromatic carbocycles. The lowest BCUT2D eigenvalue weighted by molar-refractivity contribution is -0.143. The van der Waals surface area contributed by atoms with Gasteiger partial charge in [0.2, 0.25) is 0 Å². The molecule has 1 N–H and O–H groups in total. The van der Waals surface area contributed by atoms with Crippen LogP contribution in [0.2, 0.25) is 0 Å². The van der Waals surface area contributed by atoms with E-state index in [4.69, 9.17) is 5.11 Å². The van der Waals surface area contributed by atoms with E-state index < -0.39 is 11.9 Å². The number of hydrogen-bond acceptors (Lipinski definition) is 3. The first kappa shape index (κ1) is 9.95. The molecule has 0 aliphatic carbocycles. The van der Waals surface area contributed by atoms with Gasteiger partial charge in [0, 0.05) is 6.54 Å². The molecule has 13 heavy (non-hydrogen) atoms. The molecule has 2 atom stereocenters. The van der Waals surface area contributed by atoms with Gasteiger partial charge < -0.3 is 5.11 Å². The van der Waals surface area contributed by atoms with Crippen molar-refractivity contribution in [1.29, 1.82) is 0 Å². The summed E-state index contributed by atoms with van der Waals surface area (Å²) in [6.45, 7) is 4.28. The second kappa shape index (κ2) is 3.72. The van der Waals surface area contributed by atoms with Gasteiger partial charge in [-0.05, 0) is 12.3 Å². The average molecular weight is 186 g/mol. The van der Waals surface area contributed by atoms with Gasteiger partial charge >= 0.3 is 5.97 Å². The molecule has 0 radical (unpaired) electrons. The maximum atomic E-state index is 10.8. The standard InChI is InChI=1S/C8H14N2O3/c1-5(2)7-6(8(11)12)3-4-10(7)9-13/h5-7H,3-4H2,1-2H3,(H,11,12). The van der Waals surface area contributed by atoms with Gasteiger partial charge in [-0.2, -0.15) is 0 Å². The summed E-state index contributed by atoms with van der Waals surface area (Å²) in [5.41, 5.74) is 0. The van der Waals surface area contributed by atoms with Crippen LogP contribution in [-0.4, -0.2) is 28.7 Å². The lowest BCUT2D eigenvalue weighted by atomic mass is 9.92. The minimum absolute atomic E-state index is 0.140. The highest BCUT2D eigenvalue weighted by Gasteiger charge is 2.40. The molecule has 0 spiro atoms. The predicted molar refractivity (Wildman–Crippen MR) is 46.9 cm³/mol. The molecular formula is C8H14N2O3. The van der Waals surface area contributed by atoms with E-state index in [0.29, 0.717) is 13.0 Å². The molecular weight excluding hydrogens is 172 g/mol. The zero-order valence-electron chi connectivity index (χ0n) is 7.80. The second-order valence-corrected chi connectivity index (χ2v) is 3.71. The summed E-state index contributed by atoms with van der Waals surface area (Å²) in [7, 11) is 0. The Bertz CT molecular complexity index is 217. The summed E-state index contributed by atoms with van der Waals surface area (Å²) >= 11 is 0. The molecule has 2 unspecified atom stereocenters. The molecule has 0 aromatic rings. The van der Waals surface area contributed by atoms with Crippen molar-refractivity contribution in [3.63, 3.8) is 0 Å². The number of nitroso groups, excluding NO2 is 1. The Morgan fingerprint density at radius 2 is 2.23 bits per heavy atom. The fourth-order valence-corrected chi connectivity index (χ4v) is 1.97. The minimum Gasteiger partial charge on any atom is -0.481 e. The van der Waals surface area contributed by atoms with Crippen molar-refractivity contribution >= 4 is 5.97 Å². The summed E-state index contributed by atoms with van der Waals surface area (Å²) in [6, 6.07) is -0.241. The monoisotopic (exact) mass is 186 g/mol. The first-order valence-electron chi connectivity index (χ1n) is 4.40. The molecule has 1 aliphatic heterocycles. The van der Waals surface area contributed by atoms with Gasteiger partial charge in [0.05, 0.1) is 17.2 Å². The van der Waals surface area contributed by atoms with Gasteiger partial charge in [-0.25, -0.2) is 0 Å². The molecule has 5 heteroatoms. The summed E-state index contributed by atoms with van der Waals surface area (Å²) in [4.78, 5) is 21.2. The van der Waals surface area contributed by atoms with Crippen molar-refractivity contribution in [2.45, 2.75) is 26.3 Å². The summed E-state index contributed by atoms with van der Waals surface area (Å²) in [5.74, 6) is -1.14. The second-order valence-electron chi connectivity index (χ2n) is 3.71. The number of hydrogen-bond donors (Lipinski definition) is 1. The van der Waals surface area contributed by atoms with E-state index in [0.717, 1.165) is 0 Å². The normalized spacial score (nSPS) is 28.1. The highest BCUT2D eigenvalue weighted by atomic mass is 16.4. The first-order chi connectivity index (χ1) is 6.07. The maximum Gasteiger partial charge on any atom is 0.308 e. The highest BCUT2D eigenvalue weighted by Crippen LogP contribution is 2.29. The van der Waals surface area contributed by atoms with Crippen LogP contribution in [-0.2, 0) is 4.79 Å². The highest BCUT2D eigenvalue weighted by molar-refractivity contribution is 5.71. The third kappa shape index (κ3) is 1.79. The number of rotatable bonds is 3. The van der Waals surface area contributed by atoms with E-state index in [1.807, 2.05) is 13.8 Å². The average Bonchev–Trinajstić information content (AvgIpc) is 2.46. The largest absolute Gasteiger partial charge is 0.481 e. The van der Waals surface area contributed by atoms with Crippen LogP contribution in [0, 0.1) is 16.7 Å². The van der Waals surface area contributed by atoms with E-state index in [-0.39, 0.29) is 12.0 Å². The maximum absolute atomic E-state index is 10.8. The van der Waals surface area contributed by atoms with E-state index in [1.165, 1.54) is 5.01 Å². The Morgan fingerprint density at radius 3 is 2.62 bits per heavy atom. The molecule has 0 saturated carbocycles. The Balaban J connectivity index is 2.78. The van der Waals surface area contributed by atoms with E-state index in [1.54, 1.807) is 0 Å². The lowest BCUT2D eigenvalue weighted by Gasteiger charge is -2.24. The third-order valence-electron chi connectivity index (χ3n) is 2.53. The van der Waals surface area contributed by atoms with Crippen molar-refractivity contribution in [2.75, 3.05) is 6.54 Å². The van der Waals surface area contributed by atoms with Crippen molar-refractivity contribution in [2.24, 2.45) is 17.1 Å². The van der Waals surface area contributed by atoms with Crippen LogP contribution in [0.25, 0.3) is 0 Å². The van der Waals surface area contributed by atoms with Crippen LogP contribution < -0.4 is 0 Å². The molecule has 1 saturated heterocycles. The van der Waals surface area contributed by atoms with Crippen LogP contribution >= 0.6 is 0 Å². The Morgan fingerprint density at radius 1 is 1.62 bits per heavy atom. The zero-order valence-corrected chi connectivity index (χ0v) is 7.80. The smallest absolute Gasteiger partial charge is 0.308 e. The Hall–Kier alpha value is -1.13. The summed E-state index contributed by atoms with van der Waals surface area (Å²) in [6.07, 6.45) is 0.518. The molecule has 1 heterocycles. The predicted octanol–water partition coefficient (Wildman–Crippen LogP) is 1.10. The molecule has 74 valence electrons. The molecule has 1 rings (SSSR count). The molecule has 0 aromatic heterocycles. The number of carboxylic acids is 1. The number of carbonyl (C=O) groups is 1. The molecule has 0 bridgehead atoms. The van der Waals surface area contributed by atoms with Crippen molar-refractivity contribution in [3.05, 3.63) is 4.91 Å². The van der Waals surface area contributed by atoms with Crippen LogP contribution in [0.1, 0.15) is 20.3 Å².